The van der Waals surface area contributed by atoms with Crippen molar-refractivity contribution >= 4 is 18.6 Å². The van der Waals surface area contributed by atoms with Crippen molar-refractivity contribution in [1.29, 1.82) is 0 Å². The maximum absolute atomic E-state index is 11.0. The highest BCUT2D eigenvalue weighted by atomic mass is 32.1. The number of nitrogens with zero attached hydrogens (tertiary/aromatic N) is 2. The molecule has 114 valence electrons. The third kappa shape index (κ3) is 5.52. The molecule has 1 N–H and O–H groups in total. The van der Waals surface area contributed by atoms with E-state index < -0.39 is 28.9 Å². The molecular formula is C10H10N2O8S. The number of hydrogen-bond donors (Lipinski definition) is 2. The third-order valence-corrected chi connectivity index (χ3v) is 2.75. The summed E-state index contributed by atoms with van der Waals surface area (Å²) in [6.07, 6.45) is -1.37. The van der Waals surface area contributed by atoms with Crippen molar-refractivity contribution in [3.8, 4) is 0 Å². The van der Waals surface area contributed by atoms with E-state index in [1.54, 1.807) is 0 Å². The first-order chi connectivity index (χ1) is 9.79. The summed E-state index contributed by atoms with van der Waals surface area (Å²) >= 11 is 3.96. The number of carbonyl (C=O) groups is 1. The molecule has 0 fully saturated rings. The Morgan fingerprint density at radius 1 is 1.33 bits per heavy atom. The number of benzene rings is 1. The number of carboxylic acid groups (broad SMARTS) is 1. The van der Waals surface area contributed by atoms with Gasteiger partial charge in [0.2, 0.25) is 0 Å². The molecule has 0 radical (unpaired) electrons. The van der Waals surface area contributed by atoms with Crippen LogP contribution in [-0.2, 0) is 16.1 Å². The Labute approximate surface area is 122 Å². The zero-order chi connectivity index (χ0) is 16.0. The van der Waals surface area contributed by atoms with Crippen molar-refractivity contribution in [2.75, 3.05) is 6.61 Å². The Bertz CT molecular complexity index is 564. The summed E-state index contributed by atoms with van der Waals surface area (Å²) in [5, 5.41) is 27.2. The molecule has 1 atom stereocenters. The fraction of sp³-hybridized carbons (Fsp3) is 0.300. The maximum atomic E-state index is 11.0. The summed E-state index contributed by atoms with van der Waals surface area (Å²) in [4.78, 5) is 39.9. The van der Waals surface area contributed by atoms with Gasteiger partial charge in [-0.3, -0.25) is 0 Å². The first-order valence-electron chi connectivity index (χ1n) is 5.43. The van der Waals surface area contributed by atoms with E-state index in [0.29, 0.717) is 5.56 Å². The second kappa shape index (κ2) is 7.28. The van der Waals surface area contributed by atoms with E-state index in [1.165, 1.54) is 18.2 Å². The van der Waals surface area contributed by atoms with Crippen molar-refractivity contribution in [2.45, 2.75) is 17.4 Å². The first kappa shape index (κ1) is 16.5. The van der Waals surface area contributed by atoms with Gasteiger partial charge >= 0.3 is 5.97 Å². The van der Waals surface area contributed by atoms with Crippen molar-refractivity contribution in [1.82, 2.24) is 0 Å². The SMILES string of the molecule is O=C(O)c1cc(CC(CO[N+](=O)[O-])O[N+](=O)[O-])ccc1S. The van der Waals surface area contributed by atoms with Gasteiger partial charge in [0, 0.05) is 11.3 Å². The molecule has 0 bridgehead atoms. The van der Waals surface area contributed by atoms with Crippen LogP contribution in [0.3, 0.4) is 0 Å². The van der Waals surface area contributed by atoms with E-state index in [-0.39, 0.29) is 16.9 Å². The lowest BCUT2D eigenvalue weighted by atomic mass is 10.1. The van der Waals surface area contributed by atoms with Gasteiger partial charge < -0.3 is 14.8 Å². The number of carboxylic acids is 1. The Morgan fingerprint density at radius 3 is 2.52 bits per heavy atom. The predicted molar refractivity (Wildman–Crippen MR) is 69.2 cm³/mol. The summed E-state index contributed by atoms with van der Waals surface area (Å²) in [7, 11) is 0. The van der Waals surface area contributed by atoms with Crippen LogP contribution in [0.1, 0.15) is 15.9 Å². The molecule has 1 aromatic carbocycles. The number of rotatable bonds is 8. The molecule has 1 rings (SSSR count). The fourth-order valence-corrected chi connectivity index (χ4v) is 1.77. The quantitative estimate of drug-likeness (QED) is 0.410. The molecule has 21 heavy (non-hydrogen) atoms. The van der Waals surface area contributed by atoms with Crippen LogP contribution in [0.15, 0.2) is 23.1 Å². The van der Waals surface area contributed by atoms with E-state index in [2.05, 4.69) is 22.3 Å². The van der Waals surface area contributed by atoms with Crippen molar-refractivity contribution in [2.24, 2.45) is 0 Å². The van der Waals surface area contributed by atoms with Gasteiger partial charge in [-0.2, -0.15) is 0 Å². The van der Waals surface area contributed by atoms with Crippen LogP contribution in [0.4, 0.5) is 0 Å². The molecule has 0 aliphatic heterocycles. The van der Waals surface area contributed by atoms with E-state index in [0.717, 1.165) is 0 Å². The number of hydrogen-bond acceptors (Lipinski definition) is 8. The number of aromatic carboxylic acids is 1. The Balaban J connectivity index is 2.86. The summed E-state index contributed by atoms with van der Waals surface area (Å²) in [5.41, 5.74) is 0.287. The lowest BCUT2D eigenvalue weighted by Crippen LogP contribution is -2.26. The summed E-state index contributed by atoms with van der Waals surface area (Å²) in [5.74, 6) is -1.21. The summed E-state index contributed by atoms with van der Waals surface area (Å²) < 4.78 is 0. The second-order valence-corrected chi connectivity index (χ2v) is 4.31. The Morgan fingerprint density at radius 2 is 2.00 bits per heavy atom. The van der Waals surface area contributed by atoms with Crippen LogP contribution in [0.2, 0.25) is 0 Å². The van der Waals surface area contributed by atoms with Gasteiger partial charge in [0.1, 0.15) is 12.7 Å². The van der Waals surface area contributed by atoms with Crippen molar-refractivity contribution in [3.63, 3.8) is 0 Å². The number of thiol groups is 1. The van der Waals surface area contributed by atoms with Gasteiger partial charge in [-0.15, -0.1) is 32.9 Å². The molecule has 0 aromatic heterocycles. The minimum Gasteiger partial charge on any atom is -0.478 e. The minimum absolute atomic E-state index is 0.0918. The van der Waals surface area contributed by atoms with Gasteiger partial charge in [-0.1, -0.05) is 6.07 Å². The first-order valence-corrected chi connectivity index (χ1v) is 5.88. The predicted octanol–water partition coefficient (Wildman–Crippen LogP) is 1.00. The molecule has 1 unspecified atom stereocenters. The lowest BCUT2D eigenvalue weighted by molar-refractivity contribution is -0.789. The highest BCUT2D eigenvalue weighted by Crippen LogP contribution is 2.18. The van der Waals surface area contributed by atoms with Gasteiger partial charge in [0.05, 0.1) is 5.56 Å². The van der Waals surface area contributed by atoms with E-state index in [9.17, 15) is 25.0 Å². The summed E-state index contributed by atoms with van der Waals surface area (Å²) in [6.45, 7) is -0.654. The molecular weight excluding hydrogens is 308 g/mol. The molecule has 0 aliphatic rings. The van der Waals surface area contributed by atoms with E-state index >= 15 is 0 Å². The molecule has 10 nitrogen and oxygen atoms in total. The third-order valence-electron chi connectivity index (χ3n) is 2.36. The normalized spacial score (nSPS) is 11.5. The Hall–Kier alpha value is -2.56. The maximum Gasteiger partial charge on any atom is 0.336 e. The van der Waals surface area contributed by atoms with E-state index in [1.807, 2.05) is 0 Å². The van der Waals surface area contributed by atoms with Gasteiger partial charge in [-0.25, -0.2) is 4.79 Å². The fourth-order valence-electron chi connectivity index (χ4n) is 1.54. The molecule has 0 saturated heterocycles. The van der Waals surface area contributed by atoms with Crippen LogP contribution < -0.4 is 0 Å². The molecule has 0 heterocycles. The van der Waals surface area contributed by atoms with Crippen LogP contribution in [0.25, 0.3) is 0 Å². The average molecular weight is 318 g/mol. The van der Waals surface area contributed by atoms with Gasteiger partial charge in [0.15, 0.2) is 0 Å². The molecule has 1 aromatic rings. The second-order valence-electron chi connectivity index (χ2n) is 3.83. The zero-order valence-corrected chi connectivity index (χ0v) is 11.3. The molecule has 0 aliphatic carbocycles. The largest absolute Gasteiger partial charge is 0.478 e. The molecule has 11 heteroatoms. The van der Waals surface area contributed by atoms with Crippen LogP contribution in [0, 0.1) is 20.2 Å². The minimum atomic E-state index is -1.24. The lowest BCUT2D eigenvalue weighted by Gasteiger charge is -2.14. The van der Waals surface area contributed by atoms with Crippen LogP contribution in [-0.4, -0.2) is 34.0 Å². The monoisotopic (exact) mass is 318 g/mol. The zero-order valence-electron chi connectivity index (χ0n) is 10.4. The van der Waals surface area contributed by atoms with Crippen LogP contribution >= 0.6 is 12.6 Å². The Kier molecular flexibility index (Phi) is 5.72. The van der Waals surface area contributed by atoms with Gasteiger partial charge in [0.25, 0.3) is 10.2 Å². The topological polar surface area (TPSA) is 142 Å². The van der Waals surface area contributed by atoms with E-state index in [4.69, 9.17) is 5.11 Å². The van der Waals surface area contributed by atoms with Gasteiger partial charge in [-0.05, 0) is 17.7 Å². The smallest absolute Gasteiger partial charge is 0.336 e. The average Bonchev–Trinajstić information content (AvgIpc) is 2.37. The molecule has 0 amide bonds. The highest BCUT2D eigenvalue weighted by Gasteiger charge is 2.18. The summed E-state index contributed by atoms with van der Waals surface area (Å²) in [6, 6.07) is 4.14. The molecule has 0 saturated carbocycles. The van der Waals surface area contributed by atoms with Crippen LogP contribution in [0.5, 0.6) is 0 Å². The van der Waals surface area contributed by atoms with Crippen molar-refractivity contribution < 1.29 is 29.7 Å². The highest BCUT2D eigenvalue weighted by molar-refractivity contribution is 7.80. The van der Waals surface area contributed by atoms with Crippen molar-refractivity contribution in [3.05, 3.63) is 49.6 Å². The standard InChI is InChI=1S/C10H10N2O8S/c13-10(14)8-4-6(1-2-9(8)21)3-7(20-12(17)18)5-19-11(15)16/h1-2,4,7,21H,3,5H2,(H,13,14). The molecule has 0 spiro atoms.